The van der Waals surface area contributed by atoms with Crippen LogP contribution in [0.25, 0.3) is 49.8 Å². The molecule has 0 fully saturated rings. The van der Waals surface area contributed by atoms with E-state index in [1.807, 2.05) is 109 Å². The first kappa shape index (κ1) is 25.1. The van der Waals surface area contributed by atoms with E-state index in [0.29, 0.717) is 0 Å². The molecule has 0 saturated carbocycles. The van der Waals surface area contributed by atoms with Gasteiger partial charge in [0, 0.05) is 42.1 Å². The SMILES string of the molecule is Oc1cccc2ccc3cccnc3c12.Oc1ccccc1-c1nc2ccccc2n1-c1ccccc1.[Zn]. The van der Waals surface area contributed by atoms with Crippen molar-refractivity contribution in [2.24, 2.45) is 0 Å². The Morgan fingerprint density at radius 3 is 2.11 bits per heavy atom. The number of imidazole rings is 1. The van der Waals surface area contributed by atoms with Crippen molar-refractivity contribution in [3.8, 4) is 28.6 Å². The monoisotopic (exact) mass is 545 g/mol. The van der Waals surface area contributed by atoms with Crippen molar-refractivity contribution in [2.75, 3.05) is 0 Å². The first-order chi connectivity index (χ1) is 18.2. The molecule has 5 nitrogen and oxygen atoms in total. The van der Waals surface area contributed by atoms with Crippen LogP contribution in [-0.4, -0.2) is 24.7 Å². The minimum Gasteiger partial charge on any atom is -0.507 e. The normalized spacial score (nSPS) is 10.6. The summed E-state index contributed by atoms with van der Waals surface area (Å²) in [6.07, 6.45) is 1.74. The Bertz CT molecular complexity index is 1870. The third kappa shape index (κ3) is 4.62. The number of phenolic OH excluding ortho intramolecular Hbond substituents is 2. The largest absolute Gasteiger partial charge is 0.507 e. The summed E-state index contributed by atoms with van der Waals surface area (Å²) in [6.45, 7) is 0. The van der Waals surface area contributed by atoms with E-state index in [0.717, 1.165) is 49.8 Å². The number of fused-ring (bicyclic) bond motifs is 4. The van der Waals surface area contributed by atoms with Crippen LogP contribution in [0.1, 0.15) is 0 Å². The number of para-hydroxylation sites is 4. The van der Waals surface area contributed by atoms with Crippen LogP contribution in [0, 0.1) is 0 Å². The van der Waals surface area contributed by atoms with Crippen LogP contribution in [0.5, 0.6) is 11.5 Å². The Kier molecular flexibility index (Phi) is 7.16. The molecule has 0 aliphatic carbocycles. The molecule has 2 N–H and O–H groups in total. The molecule has 0 aliphatic heterocycles. The maximum absolute atomic E-state index is 10.2. The number of aromatic hydroxyl groups is 2. The zero-order valence-corrected chi connectivity index (χ0v) is 23.5. The van der Waals surface area contributed by atoms with E-state index >= 15 is 0 Å². The molecule has 180 valence electrons. The van der Waals surface area contributed by atoms with E-state index in [4.69, 9.17) is 4.98 Å². The van der Waals surface area contributed by atoms with E-state index in [1.54, 1.807) is 18.3 Å². The van der Waals surface area contributed by atoms with Crippen LogP contribution < -0.4 is 0 Å². The number of aromatic nitrogens is 3. The van der Waals surface area contributed by atoms with Gasteiger partial charge in [0.2, 0.25) is 0 Å². The van der Waals surface area contributed by atoms with Crippen molar-refractivity contribution in [3.63, 3.8) is 0 Å². The van der Waals surface area contributed by atoms with Gasteiger partial charge in [-0.15, -0.1) is 0 Å². The van der Waals surface area contributed by atoms with Gasteiger partial charge in [0.1, 0.15) is 17.3 Å². The minimum atomic E-state index is 0. The third-order valence-corrected chi connectivity index (χ3v) is 6.31. The number of hydrogen-bond donors (Lipinski definition) is 2. The summed E-state index contributed by atoms with van der Waals surface area (Å²) < 4.78 is 2.07. The standard InChI is InChI=1S/C19H14N2O.C13H9NO.Zn/c22-18-13-7-4-10-15(18)19-20-16-11-5-6-12-17(16)21(19)14-8-2-1-3-9-14;15-11-5-1-3-9-6-7-10-4-2-8-14-13(10)12(9)11;/h1-13,22H;1-8,15H;. The molecule has 7 aromatic rings. The molecule has 0 radical (unpaired) electrons. The summed E-state index contributed by atoms with van der Waals surface area (Å²) in [5.74, 6) is 1.26. The Hall–Kier alpha value is -4.54. The molecule has 0 atom stereocenters. The quantitative estimate of drug-likeness (QED) is 0.174. The predicted octanol–water partition coefficient (Wildman–Crippen LogP) is 7.49. The second-order valence-electron chi connectivity index (χ2n) is 8.63. The van der Waals surface area contributed by atoms with Crippen LogP contribution in [0.3, 0.4) is 0 Å². The molecule has 6 heteroatoms. The molecule has 7 rings (SSSR count). The van der Waals surface area contributed by atoms with Gasteiger partial charge in [0.25, 0.3) is 0 Å². The molecule has 2 aromatic heterocycles. The van der Waals surface area contributed by atoms with Crippen LogP contribution >= 0.6 is 0 Å². The van der Waals surface area contributed by atoms with E-state index < -0.39 is 0 Å². The maximum Gasteiger partial charge on any atom is 0.149 e. The Labute approximate surface area is 232 Å². The van der Waals surface area contributed by atoms with Gasteiger partial charge in [-0.3, -0.25) is 9.55 Å². The summed E-state index contributed by atoms with van der Waals surface area (Å²) in [5.41, 5.74) is 4.53. The Morgan fingerprint density at radius 1 is 0.579 bits per heavy atom. The average Bonchev–Trinajstić information content (AvgIpc) is 3.33. The number of pyridine rings is 1. The minimum absolute atomic E-state index is 0. The number of hydrogen-bond acceptors (Lipinski definition) is 4. The maximum atomic E-state index is 10.2. The van der Waals surface area contributed by atoms with Crippen molar-refractivity contribution in [1.82, 2.24) is 14.5 Å². The van der Waals surface area contributed by atoms with Gasteiger partial charge in [-0.25, -0.2) is 4.98 Å². The molecule has 0 spiro atoms. The smallest absolute Gasteiger partial charge is 0.149 e. The summed E-state index contributed by atoms with van der Waals surface area (Å²) in [7, 11) is 0. The molecule has 0 unspecified atom stereocenters. The van der Waals surface area contributed by atoms with Crippen LogP contribution in [0.2, 0.25) is 0 Å². The van der Waals surface area contributed by atoms with E-state index in [-0.39, 0.29) is 31.0 Å². The summed E-state index contributed by atoms with van der Waals surface area (Å²) in [6, 6.07) is 38.8. The molecule has 0 amide bonds. The second-order valence-corrected chi connectivity index (χ2v) is 8.63. The van der Waals surface area contributed by atoms with Gasteiger partial charge < -0.3 is 10.2 Å². The fourth-order valence-corrected chi connectivity index (χ4v) is 4.60. The number of phenols is 2. The van der Waals surface area contributed by atoms with Crippen molar-refractivity contribution in [3.05, 3.63) is 128 Å². The first-order valence-electron chi connectivity index (χ1n) is 12.0. The van der Waals surface area contributed by atoms with Crippen molar-refractivity contribution < 1.29 is 29.7 Å². The summed E-state index contributed by atoms with van der Waals surface area (Å²) >= 11 is 0. The summed E-state index contributed by atoms with van der Waals surface area (Å²) in [5, 5.41) is 22.9. The van der Waals surface area contributed by atoms with Gasteiger partial charge in [0.05, 0.1) is 22.1 Å². The Morgan fingerprint density at radius 2 is 1.26 bits per heavy atom. The summed E-state index contributed by atoms with van der Waals surface area (Å²) in [4.78, 5) is 9.03. The molecule has 2 heterocycles. The molecule has 0 bridgehead atoms. The molecular formula is C32H23N3O2Zn. The molecule has 38 heavy (non-hydrogen) atoms. The van der Waals surface area contributed by atoms with Crippen LogP contribution in [0.15, 0.2) is 128 Å². The van der Waals surface area contributed by atoms with Gasteiger partial charge in [-0.1, -0.05) is 72.8 Å². The predicted molar refractivity (Wildman–Crippen MR) is 149 cm³/mol. The van der Waals surface area contributed by atoms with Gasteiger partial charge in [-0.2, -0.15) is 0 Å². The van der Waals surface area contributed by atoms with Gasteiger partial charge >= 0.3 is 0 Å². The fourth-order valence-electron chi connectivity index (χ4n) is 4.60. The second kappa shape index (κ2) is 10.8. The average molecular weight is 547 g/mol. The third-order valence-electron chi connectivity index (χ3n) is 6.31. The zero-order chi connectivity index (χ0) is 25.2. The zero-order valence-electron chi connectivity index (χ0n) is 20.6. The topological polar surface area (TPSA) is 71.2 Å². The number of nitrogens with zero attached hydrogens (tertiary/aromatic N) is 3. The van der Waals surface area contributed by atoms with E-state index in [9.17, 15) is 10.2 Å². The van der Waals surface area contributed by atoms with E-state index in [2.05, 4.69) is 9.55 Å². The van der Waals surface area contributed by atoms with Gasteiger partial charge in [-0.05, 0) is 53.9 Å². The molecule has 5 aromatic carbocycles. The Balaban J connectivity index is 0.000000161. The van der Waals surface area contributed by atoms with Crippen molar-refractivity contribution in [1.29, 1.82) is 0 Å². The van der Waals surface area contributed by atoms with Crippen molar-refractivity contribution in [2.45, 2.75) is 0 Å². The molecular weight excluding hydrogens is 524 g/mol. The number of rotatable bonds is 2. The fraction of sp³-hybridized carbons (Fsp3) is 0. The number of benzene rings is 5. The van der Waals surface area contributed by atoms with Gasteiger partial charge in [0.15, 0.2) is 0 Å². The first-order valence-corrected chi connectivity index (χ1v) is 12.0. The van der Waals surface area contributed by atoms with Crippen molar-refractivity contribution >= 4 is 32.7 Å². The van der Waals surface area contributed by atoms with Crippen LogP contribution in [-0.2, 0) is 19.5 Å². The molecule has 0 saturated heterocycles. The van der Waals surface area contributed by atoms with E-state index in [1.165, 1.54) is 0 Å². The molecule has 0 aliphatic rings. The van der Waals surface area contributed by atoms with Crippen LogP contribution in [0.4, 0.5) is 0 Å².